The third-order valence-electron chi connectivity index (χ3n) is 2.80. The van der Waals surface area contributed by atoms with Gasteiger partial charge in [-0.05, 0) is 31.9 Å². The first kappa shape index (κ1) is 17.3. The second-order valence-electron chi connectivity index (χ2n) is 4.84. The summed E-state index contributed by atoms with van der Waals surface area (Å²) in [5.74, 6) is 1.38. The molecule has 0 bridgehead atoms. The molecule has 0 unspecified atom stereocenters. The first-order chi connectivity index (χ1) is 10.6. The molecule has 1 aromatic carbocycles. The number of rotatable bonds is 7. The van der Waals surface area contributed by atoms with Crippen LogP contribution < -0.4 is 5.32 Å². The summed E-state index contributed by atoms with van der Waals surface area (Å²) >= 11 is 4.69. The highest BCUT2D eigenvalue weighted by Crippen LogP contribution is 2.29. The molecule has 1 aromatic heterocycles. The molecule has 0 aliphatic carbocycles. The Kier molecular flexibility index (Phi) is 6.72. The Bertz CT molecular complexity index is 643. The van der Waals surface area contributed by atoms with Gasteiger partial charge in [0.2, 0.25) is 5.91 Å². The zero-order valence-electron chi connectivity index (χ0n) is 12.9. The third kappa shape index (κ3) is 5.30. The number of carbonyl (C=O) groups excluding carboxylic acids is 1. The molecule has 0 spiro atoms. The highest BCUT2D eigenvalue weighted by atomic mass is 32.2. The largest absolute Gasteiger partial charge is 0.325 e. The number of nitrogens with zero attached hydrogens (tertiary/aromatic N) is 2. The van der Waals surface area contributed by atoms with Gasteiger partial charge < -0.3 is 5.32 Å². The molecular formula is C15H19N3OS3. The lowest BCUT2D eigenvalue weighted by molar-refractivity contribution is -0.113. The third-order valence-corrected chi connectivity index (χ3v) is 6.20. The number of hydrogen-bond donors (Lipinski definition) is 1. The lowest BCUT2D eigenvalue weighted by Gasteiger charge is -2.08. The van der Waals surface area contributed by atoms with Crippen LogP contribution in [0.15, 0.2) is 26.9 Å². The topological polar surface area (TPSA) is 54.9 Å². The number of aromatic nitrogens is 2. The van der Waals surface area contributed by atoms with Crippen molar-refractivity contribution in [3.63, 3.8) is 0 Å². The van der Waals surface area contributed by atoms with Crippen LogP contribution in [0, 0.1) is 13.8 Å². The van der Waals surface area contributed by atoms with Gasteiger partial charge in [0, 0.05) is 11.4 Å². The minimum Gasteiger partial charge on any atom is -0.325 e. The van der Waals surface area contributed by atoms with Crippen molar-refractivity contribution in [2.45, 2.75) is 35.9 Å². The van der Waals surface area contributed by atoms with E-state index >= 15 is 0 Å². The minimum atomic E-state index is -0.0186. The van der Waals surface area contributed by atoms with Gasteiger partial charge in [0.1, 0.15) is 0 Å². The average Bonchev–Trinajstić information content (AvgIpc) is 2.94. The number of benzene rings is 1. The van der Waals surface area contributed by atoms with Crippen molar-refractivity contribution in [3.8, 4) is 0 Å². The number of aryl methyl sites for hydroxylation is 2. The summed E-state index contributed by atoms with van der Waals surface area (Å²) < 4.78 is 1.81. The fourth-order valence-corrected chi connectivity index (χ4v) is 4.52. The number of carbonyl (C=O) groups is 1. The van der Waals surface area contributed by atoms with Crippen LogP contribution in [0.25, 0.3) is 0 Å². The fraction of sp³-hybridized carbons (Fsp3) is 0.400. The lowest BCUT2D eigenvalue weighted by atomic mass is 10.1. The van der Waals surface area contributed by atoms with E-state index in [4.69, 9.17) is 0 Å². The van der Waals surface area contributed by atoms with Crippen molar-refractivity contribution in [1.29, 1.82) is 0 Å². The molecule has 0 aliphatic rings. The molecule has 7 heteroatoms. The molecule has 118 valence electrons. The Morgan fingerprint density at radius 1 is 1.23 bits per heavy atom. The van der Waals surface area contributed by atoms with Crippen LogP contribution in [0.3, 0.4) is 0 Å². The Balaban J connectivity index is 1.83. The van der Waals surface area contributed by atoms with Crippen molar-refractivity contribution < 1.29 is 4.79 Å². The summed E-state index contributed by atoms with van der Waals surface area (Å²) in [7, 11) is 0. The van der Waals surface area contributed by atoms with Gasteiger partial charge in [-0.2, -0.15) is 0 Å². The van der Waals surface area contributed by atoms with Gasteiger partial charge in [0.05, 0.1) is 5.75 Å². The van der Waals surface area contributed by atoms with Crippen molar-refractivity contribution in [3.05, 3.63) is 29.3 Å². The Labute approximate surface area is 143 Å². The maximum absolute atomic E-state index is 12.0. The van der Waals surface area contributed by atoms with E-state index in [0.29, 0.717) is 5.75 Å². The van der Waals surface area contributed by atoms with E-state index in [9.17, 15) is 4.79 Å². The molecule has 4 nitrogen and oxygen atoms in total. The van der Waals surface area contributed by atoms with E-state index in [1.165, 1.54) is 17.3 Å². The molecule has 0 saturated carbocycles. The average molecular weight is 354 g/mol. The summed E-state index contributed by atoms with van der Waals surface area (Å²) in [6, 6.07) is 6.00. The SMILES string of the molecule is CCCSc1nnc(SCC(=O)Nc2ccc(C)cc2C)s1. The van der Waals surface area contributed by atoms with Crippen molar-refractivity contribution in [2.24, 2.45) is 0 Å². The van der Waals surface area contributed by atoms with Crippen LogP contribution in [0.2, 0.25) is 0 Å². The predicted molar refractivity (Wildman–Crippen MR) is 96.2 cm³/mol. The van der Waals surface area contributed by atoms with Crippen molar-refractivity contribution in [1.82, 2.24) is 10.2 Å². The van der Waals surface area contributed by atoms with Gasteiger partial charge in [-0.15, -0.1) is 10.2 Å². The molecule has 2 rings (SSSR count). The van der Waals surface area contributed by atoms with Crippen LogP contribution in [0.4, 0.5) is 5.69 Å². The van der Waals surface area contributed by atoms with E-state index in [1.807, 2.05) is 26.0 Å². The Hall–Kier alpha value is -1.05. The van der Waals surface area contributed by atoms with Crippen molar-refractivity contribution >= 4 is 46.5 Å². The molecule has 2 aromatic rings. The first-order valence-corrected chi connectivity index (χ1v) is 9.83. The molecule has 0 aliphatic heterocycles. The summed E-state index contributed by atoms with van der Waals surface area (Å²) in [6.45, 7) is 6.18. The standard InChI is InChI=1S/C15H19N3OS3/c1-4-7-20-14-17-18-15(22-14)21-9-13(19)16-12-6-5-10(2)8-11(12)3/h5-6,8H,4,7,9H2,1-3H3,(H,16,19). The first-order valence-electron chi connectivity index (χ1n) is 7.04. The van der Waals surface area contributed by atoms with E-state index in [-0.39, 0.29) is 5.91 Å². The minimum absolute atomic E-state index is 0.0186. The Morgan fingerprint density at radius 2 is 1.95 bits per heavy atom. The highest BCUT2D eigenvalue weighted by molar-refractivity contribution is 8.03. The lowest BCUT2D eigenvalue weighted by Crippen LogP contribution is -2.14. The summed E-state index contributed by atoms with van der Waals surface area (Å²) in [4.78, 5) is 12.0. The van der Waals surface area contributed by atoms with Gasteiger partial charge in [-0.25, -0.2) is 0 Å². The fourth-order valence-electron chi connectivity index (χ4n) is 1.77. The van der Waals surface area contributed by atoms with Crippen LogP contribution in [0.5, 0.6) is 0 Å². The van der Waals surface area contributed by atoms with E-state index in [2.05, 4.69) is 28.5 Å². The molecule has 0 saturated heterocycles. The molecule has 1 amide bonds. The molecule has 0 fully saturated rings. The molecule has 1 N–H and O–H groups in total. The van der Waals surface area contributed by atoms with E-state index < -0.39 is 0 Å². The molecular weight excluding hydrogens is 334 g/mol. The quantitative estimate of drug-likeness (QED) is 0.748. The Morgan fingerprint density at radius 3 is 2.64 bits per heavy atom. The maximum Gasteiger partial charge on any atom is 0.234 e. The van der Waals surface area contributed by atoms with Gasteiger partial charge in [-0.3, -0.25) is 4.79 Å². The van der Waals surface area contributed by atoms with Gasteiger partial charge in [0.25, 0.3) is 0 Å². The van der Waals surface area contributed by atoms with Gasteiger partial charge in [-0.1, -0.05) is 59.5 Å². The summed E-state index contributed by atoms with van der Waals surface area (Å²) in [5, 5.41) is 11.2. The van der Waals surface area contributed by atoms with Crippen LogP contribution in [-0.4, -0.2) is 27.6 Å². The summed E-state index contributed by atoms with van der Waals surface area (Å²) in [5.41, 5.74) is 3.14. The number of nitrogens with one attached hydrogen (secondary N) is 1. The molecule has 0 radical (unpaired) electrons. The second kappa shape index (κ2) is 8.55. The van der Waals surface area contributed by atoms with Crippen molar-refractivity contribution in [2.75, 3.05) is 16.8 Å². The van der Waals surface area contributed by atoms with Gasteiger partial charge >= 0.3 is 0 Å². The monoisotopic (exact) mass is 353 g/mol. The molecule has 22 heavy (non-hydrogen) atoms. The second-order valence-corrected chi connectivity index (χ2v) is 8.38. The van der Waals surface area contributed by atoms with Crippen LogP contribution >= 0.6 is 34.9 Å². The molecule has 0 atom stereocenters. The smallest absolute Gasteiger partial charge is 0.234 e. The highest BCUT2D eigenvalue weighted by Gasteiger charge is 2.09. The van der Waals surface area contributed by atoms with Crippen LogP contribution in [0.1, 0.15) is 24.5 Å². The molecule has 1 heterocycles. The van der Waals surface area contributed by atoms with E-state index in [0.717, 1.165) is 32.1 Å². The number of thioether (sulfide) groups is 2. The maximum atomic E-state index is 12.0. The van der Waals surface area contributed by atoms with Crippen LogP contribution in [-0.2, 0) is 4.79 Å². The summed E-state index contributed by atoms with van der Waals surface area (Å²) in [6.07, 6.45) is 1.12. The predicted octanol–water partition coefficient (Wildman–Crippen LogP) is 4.39. The number of anilines is 1. The van der Waals surface area contributed by atoms with E-state index in [1.54, 1.807) is 23.1 Å². The zero-order chi connectivity index (χ0) is 15.9. The number of hydrogen-bond acceptors (Lipinski definition) is 6. The normalized spacial score (nSPS) is 10.7. The number of amides is 1. The zero-order valence-corrected chi connectivity index (χ0v) is 15.3. The van der Waals surface area contributed by atoms with Gasteiger partial charge in [0.15, 0.2) is 8.68 Å².